The van der Waals surface area contributed by atoms with Gasteiger partial charge in [0.15, 0.2) is 0 Å². The third-order valence-corrected chi connectivity index (χ3v) is 5.73. The van der Waals surface area contributed by atoms with Gasteiger partial charge < -0.3 is 9.22 Å². The molecule has 23 heavy (non-hydrogen) atoms. The van der Waals surface area contributed by atoms with E-state index in [0.29, 0.717) is 13.0 Å². The van der Waals surface area contributed by atoms with E-state index in [1.54, 1.807) is 0 Å². The molecule has 0 unspecified atom stereocenters. The predicted octanol–water partition coefficient (Wildman–Crippen LogP) is 4.29. The van der Waals surface area contributed by atoms with E-state index in [9.17, 15) is 4.79 Å². The van der Waals surface area contributed by atoms with E-state index in [2.05, 4.69) is 45.2 Å². The average Bonchev–Trinajstić information content (AvgIpc) is 2.58. The van der Waals surface area contributed by atoms with Gasteiger partial charge in [0.2, 0.25) is 0 Å². The minimum absolute atomic E-state index is 0.0863. The van der Waals surface area contributed by atoms with Crippen molar-refractivity contribution in [3.05, 3.63) is 35.9 Å². The van der Waals surface area contributed by atoms with E-state index < -0.39 is 0 Å². The first-order valence-corrected chi connectivity index (χ1v) is 9.75. The van der Waals surface area contributed by atoms with E-state index in [0.717, 1.165) is 36.3 Å². The number of nitrogens with zero attached hydrogens (tertiary/aromatic N) is 1. The minimum atomic E-state index is -0.0863. The Kier molecular flexibility index (Phi) is 9.34. The number of thioether (sulfide) groups is 1. The molecule has 0 fully saturated rings. The molecule has 0 N–H and O–H groups in total. The molecule has 4 heteroatoms. The monoisotopic (exact) mass is 338 g/mol. The molecule has 1 aromatic rings. The van der Waals surface area contributed by atoms with E-state index in [1.807, 2.05) is 24.8 Å². The second kappa shape index (κ2) is 10.7. The molecule has 0 aliphatic rings. The van der Waals surface area contributed by atoms with Crippen molar-refractivity contribution in [2.75, 3.05) is 39.0 Å². The molecule has 3 nitrogen and oxygen atoms in total. The summed E-state index contributed by atoms with van der Waals surface area (Å²) in [6.07, 6.45) is 1.34. The lowest BCUT2D eigenvalue weighted by atomic mass is 10.1. The van der Waals surface area contributed by atoms with Crippen LogP contribution in [0, 0.1) is 0 Å². The molecule has 0 aliphatic carbocycles. The molecule has 1 atom stereocenters. The fourth-order valence-corrected chi connectivity index (χ4v) is 3.65. The molecule has 0 spiro atoms. The summed E-state index contributed by atoms with van der Waals surface area (Å²) in [5, 5.41) is 0.221. The van der Waals surface area contributed by atoms with Crippen molar-refractivity contribution in [1.29, 1.82) is 0 Å². The van der Waals surface area contributed by atoms with Crippen LogP contribution in [0.1, 0.15) is 44.4 Å². The zero-order valence-electron chi connectivity index (χ0n) is 15.1. The van der Waals surface area contributed by atoms with Crippen LogP contribution < -0.4 is 0 Å². The maximum atomic E-state index is 11.7. The molecular formula is C19H32NO2S+. The van der Waals surface area contributed by atoms with Crippen molar-refractivity contribution >= 4 is 17.7 Å². The van der Waals surface area contributed by atoms with Gasteiger partial charge in [-0.05, 0) is 25.8 Å². The van der Waals surface area contributed by atoms with Crippen molar-refractivity contribution in [1.82, 2.24) is 0 Å². The number of benzene rings is 1. The lowest BCUT2D eigenvalue weighted by Gasteiger charge is -2.32. The zero-order valence-corrected chi connectivity index (χ0v) is 15.9. The summed E-state index contributed by atoms with van der Waals surface area (Å²) in [6.45, 7) is 10.4. The van der Waals surface area contributed by atoms with Crippen LogP contribution in [-0.4, -0.2) is 49.5 Å². The second-order valence-electron chi connectivity index (χ2n) is 6.18. The lowest BCUT2D eigenvalue weighted by molar-refractivity contribution is -0.903. The van der Waals surface area contributed by atoms with Crippen LogP contribution in [0.4, 0.5) is 0 Å². The van der Waals surface area contributed by atoms with Gasteiger partial charge in [-0.25, -0.2) is 0 Å². The third kappa shape index (κ3) is 7.40. The van der Waals surface area contributed by atoms with Crippen LogP contribution in [0.15, 0.2) is 30.3 Å². The van der Waals surface area contributed by atoms with Gasteiger partial charge >= 0.3 is 5.97 Å². The number of rotatable bonds is 11. The van der Waals surface area contributed by atoms with Crippen molar-refractivity contribution in [3.8, 4) is 0 Å². The molecule has 0 aromatic heterocycles. The molecule has 0 amide bonds. The highest BCUT2D eigenvalue weighted by atomic mass is 32.2. The number of hydrogen-bond donors (Lipinski definition) is 0. The molecule has 0 aliphatic heterocycles. The highest BCUT2D eigenvalue weighted by Crippen LogP contribution is 2.29. The largest absolute Gasteiger partial charge is 0.464 e. The first kappa shape index (κ1) is 20.0. The highest BCUT2D eigenvalue weighted by molar-refractivity contribution is 7.99. The third-order valence-electron chi connectivity index (χ3n) is 4.50. The van der Waals surface area contributed by atoms with Crippen molar-refractivity contribution in [3.63, 3.8) is 0 Å². The Labute approximate surface area is 146 Å². The predicted molar refractivity (Wildman–Crippen MR) is 99.6 cm³/mol. The lowest BCUT2D eigenvalue weighted by Crippen LogP contribution is -2.45. The van der Waals surface area contributed by atoms with Crippen LogP contribution in [-0.2, 0) is 9.53 Å². The SMILES string of the molecule is CCCC(=O)OC[C@@H](SCC[N+](C)(CC)CC)c1ccccc1. The summed E-state index contributed by atoms with van der Waals surface area (Å²) in [7, 11) is 2.30. The van der Waals surface area contributed by atoms with Crippen molar-refractivity contribution < 1.29 is 14.0 Å². The molecule has 1 rings (SSSR count). The Morgan fingerprint density at radius 1 is 1.17 bits per heavy atom. The number of quaternary nitrogens is 1. The van der Waals surface area contributed by atoms with E-state index in [1.165, 1.54) is 5.56 Å². The Balaban J connectivity index is 2.60. The van der Waals surface area contributed by atoms with Gasteiger partial charge in [-0.3, -0.25) is 4.79 Å². The van der Waals surface area contributed by atoms with Gasteiger partial charge in [-0.1, -0.05) is 37.3 Å². The maximum absolute atomic E-state index is 11.7. The topological polar surface area (TPSA) is 26.3 Å². The van der Waals surface area contributed by atoms with Crippen LogP contribution in [0.5, 0.6) is 0 Å². The van der Waals surface area contributed by atoms with Gasteiger partial charge in [0.1, 0.15) is 6.61 Å². The molecule has 0 saturated carbocycles. The Bertz CT molecular complexity index is 446. The molecule has 0 bridgehead atoms. The molecule has 130 valence electrons. The van der Waals surface area contributed by atoms with Gasteiger partial charge in [0.05, 0.1) is 31.9 Å². The number of carbonyl (C=O) groups excluding carboxylic acids is 1. The summed E-state index contributed by atoms with van der Waals surface area (Å²) in [5.41, 5.74) is 1.24. The number of carbonyl (C=O) groups is 1. The summed E-state index contributed by atoms with van der Waals surface area (Å²) in [4.78, 5) is 11.7. The number of ether oxygens (including phenoxy) is 1. The van der Waals surface area contributed by atoms with Gasteiger partial charge in [0.25, 0.3) is 0 Å². The average molecular weight is 339 g/mol. The Morgan fingerprint density at radius 2 is 1.83 bits per heavy atom. The molecule has 1 aromatic carbocycles. The summed E-state index contributed by atoms with van der Waals surface area (Å²) >= 11 is 1.90. The Hall–Kier alpha value is -1.00. The molecule has 0 heterocycles. The summed E-state index contributed by atoms with van der Waals surface area (Å²) in [5.74, 6) is 0.986. The number of hydrogen-bond acceptors (Lipinski definition) is 3. The van der Waals surface area contributed by atoms with Gasteiger partial charge in [-0.15, -0.1) is 11.8 Å². The van der Waals surface area contributed by atoms with Crippen molar-refractivity contribution in [2.24, 2.45) is 0 Å². The normalized spacial score (nSPS) is 12.9. The first-order valence-electron chi connectivity index (χ1n) is 8.70. The smallest absolute Gasteiger partial charge is 0.305 e. The van der Waals surface area contributed by atoms with Crippen LogP contribution in [0.2, 0.25) is 0 Å². The van der Waals surface area contributed by atoms with Crippen LogP contribution >= 0.6 is 11.8 Å². The maximum Gasteiger partial charge on any atom is 0.305 e. The van der Waals surface area contributed by atoms with Crippen molar-refractivity contribution in [2.45, 2.75) is 38.9 Å². The van der Waals surface area contributed by atoms with E-state index in [-0.39, 0.29) is 11.2 Å². The zero-order chi connectivity index (χ0) is 17.1. The minimum Gasteiger partial charge on any atom is -0.464 e. The van der Waals surface area contributed by atoms with E-state index in [4.69, 9.17) is 4.74 Å². The quantitative estimate of drug-likeness (QED) is 0.445. The second-order valence-corrected chi connectivity index (χ2v) is 7.49. The summed E-state index contributed by atoms with van der Waals surface area (Å²) in [6, 6.07) is 10.4. The Morgan fingerprint density at radius 3 is 2.39 bits per heavy atom. The fourth-order valence-electron chi connectivity index (χ4n) is 2.31. The molecule has 0 radical (unpaired) electrons. The van der Waals surface area contributed by atoms with E-state index >= 15 is 0 Å². The van der Waals surface area contributed by atoms with Crippen LogP contribution in [0.25, 0.3) is 0 Å². The molecule has 0 saturated heterocycles. The van der Waals surface area contributed by atoms with Crippen LogP contribution in [0.3, 0.4) is 0 Å². The van der Waals surface area contributed by atoms with Gasteiger partial charge in [-0.2, -0.15) is 0 Å². The number of esters is 1. The molecular weight excluding hydrogens is 306 g/mol. The standard InChI is InChI=1S/C19H32NO2S/c1-5-11-19(21)22-16-18(17-12-9-8-10-13-17)23-15-14-20(4,6-2)7-3/h8-10,12-13,18H,5-7,11,14-16H2,1-4H3/q+1/t18-/m1/s1. The fraction of sp³-hybridized carbons (Fsp3) is 0.632. The van der Waals surface area contributed by atoms with Gasteiger partial charge in [0, 0.05) is 12.2 Å². The first-order chi connectivity index (χ1) is 11.0. The highest BCUT2D eigenvalue weighted by Gasteiger charge is 2.19. The summed E-state index contributed by atoms with van der Waals surface area (Å²) < 4.78 is 6.56.